The van der Waals surface area contributed by atoms with Crippen molar-refractivity contribution >= 4 is 11.6 Å². The summed E-state index contributed by atoms with van der Waals surface area (Å²) in [6, 6.07) is 10.1. The zero-order valence-corrected chi connectivity index (χ0v) is 12.7. The van der Waals surface area contributed by atoms with E-state index in [2.05, 4.69) is 23.3 Å². The Morgan fingerprint density at radius 1 is 1.35 bits per heavy atom. The maximum absolute atomic E-state index is 6.24. The minimum Gasteiger partial charge on any atom is -0.481 e. The smallest absolute Gasteiger partial charge is 0.218 e. The summed E-state index contributed by atoms with van der Waals surface area (Å²) in [7, 11) is 1.64. The second kappa shape index (κ2) is 6.73. The highest BCUT2D eigenvalue weighted by Gasteiger charge is 2.18. The topological polar surface area (TPSA) is 34.2 Å². The van der Waals surface area contributed by atoms with E-state index in [1.165, 1.54) is 0 Å². The number of ether oxygens (including phenoxy) is 1. The van der Waals surface area contributed by atoms with Gasteiger partial charge >= 0.3 is 0 Å². The fraction of sp³-hybridized carbons (Fsp3) is 0.312. The molecule has 0 bridgehead atoms. The minimum absolute atomic E-state index is 0.0155. The SMILES string of the molecule is CCNC(c1ccc(C)c(Cl)c1)c1cccnc1OC. The van der Waals surface area contributed by atoms with Gasteiger partial charge < -0.3 is 10.1 Å². The first kappa shape index (κ1) is 14.8. The predicted molar refractivity (Wildman–Crippen MR) is 82.5 cm³/mol. The highest BCUT2D eigenvalue weighted by atomic mass is 35.5. The van der Waals surface area contributed by atoms with E-state index in [1.807, 2.05) is 31.2 Å². The van der Waals surface area contributed by atoms with Gasteiger partial charge in [-0.15, -0.1) is 0 Å². The normalized spacial score (nSPS) is 12.2. The van der Waals surface area contributed by atoms with Gasteiger partial charge in [-0.25, -0.2) is 4.98 Å². The Hall–Kier alpha value is -1.58. The van der Waals surface area contributed by atoms with Gasteiger partial charge in [-0.3, -0.25) is 0 Å². The van der Waals surface area contributed by atoms with Crippen molar-refractivity contribution in [3.05, 3.63) is 58.2 Å². The Morgan fingerprint density at radius 3 is 2.80 bits per heavy atom. The highest BCUT2D eigenvalue weighted by molar-refractivity contribution is 6.31. The van der Waals surface area contributed by atoms with Crippen LogP contribution >= 0.6 is 11.6 Å². The van der Waals surface area contributed by atoms with E-state index in [0.717, 1.165) is 28.3 Å². The molecular formula is C16H19ClN2O. The summed E-state index contributed by atoms with van der Waals surface area (Å²) >= 11 is 6.24. The van der Waals surface area contributed by atoms with Crippen LogP contribution in [0.3, 0.4) is 0 Å². The van der Waals surface area contributed by atoms with Crippen LogP contribution in [0.5, 0.6) is 5.88 Å². The van der Waals surface area contributed by atoms with Gasteiger partial charge in [0.25, 0.3) is 0 Å². The molecule has 0 fully saturated rings. The number of nitrogens with one attached hydrogen (secondary N) is 1. The van der Waals surface area contributed by atoms with E-state index in [0.29, 0.717) is 5.88 Å². The summed E-state index contributed by atoms with van der Waals surface area (Å²) < 4.78 is 5.36. The molecule has 0 radical (unpaired) electrons. The average molecular weight is 291 g/mol. The molecule has 2 rings (SSSR count). The van der Waals surface area contributed by atoms with Crippen LogP contribution in [0, 0.1) is 6.92 Å². The van der Waals surface area contributed by atoms with Crippen molar-refractivity contribution in [3.8, 4) is 5.88 Å². The monoisotopic (exact) mass is 290 g/mol. The zero-order chi connectivity index (χ0) is 14.5. The molecule has 2 aromatic rings. The largest absolute Gasteiger partial charge is 0.481 e. The molecule has 0 aliphatic carbocycles. The van der Waals surface area contributed by atoms with Crippen LogP contribution in [0.15, 0.2) is 36.5 Å². The highest BCUT2D eigenvalue weighted by Crippen LogP contribution is 2.30. The number of nitrogens with zero attached hydrogens (tertiary/aromatic N) is 1. The molecular weight excluding hydrogens is 272 g/mol. The first-order valence-corrected chi connectivity index (χ1v) is 7.03. The van der Waals surface area contributed by atoms with E-state index < -0.39 is 0 Å². The number of hydrogen-bond acceptors (Lipinski definition) is 3. The maximum atomic E-state index is 6.24. The molecule has 1 aromatic carbocycles. The lowest BCUT2D eigenvalue weighted by Crippen LogP contribution is -2.22. The number of methoxy groups -OCH3 is 1. The Labute approximate surface area is 124 Å². The van der Waals surface area contributed by atoms with Crippen molar-refractivity contribution in [3.63, 3.8) is 0 Å². The number of aryl methyl sites for hydroxylation is 1. The van der Waals surface area contributed by atoms with Crippen molar-refractivity contribution in [1.82, 2.24) is 10.3 Å². The van der Waals surface area contributed by atoms with Crippen LogP contribution < -0.4 is 10.1 Å². The standard InChI is InChI=1S/C16H19ClN2O/c1-4-18-15(12-8-7-11(2)14(17)10-12)13-6-5-9-19-16(13)20-3/h5-10,15,18H,4H2,1-3H3. The molecule has 1 heterocycles. The number of aromatic nitrogens is 1. The first-order chi connectivity index (χ1) is 9.67. The van der Waals surface area contributed by atoms with E-state index >= 15 is 0 Å². The number of halogens is 1. The molecule has 0 saturated heterocycles. The average Bonchev–Trinajstić information content (AvgIpc) is 2.48. The molecule has 4 heteroatoms. The fourth-order valence-electron chi connectivity index (χ4n) is 2.19. The van der Waals surface area contributed by atoms with Crippen LogP contribution in [-0.4, -0.2) is 18.6 Å². The zero-order valence-electron chi connectivity index (χ0n) is 12.0. The number of pyridine rings is 1. The van der Waals surface area contributed by atoms with Crippen molar-refractivity contribution in [2.75, 3.05) is 13.7 Å². The first-order valence-electron chi connectivity index (χ1n) is 6.65. The quantitative estimate of drug-likeness (QED) is 0.910. The molecule has 3 nitrogen and oxygen atoms in total. The van der Waals surface area contributed by atoms with Gasteiger partial charge in [0.05, 0.1) is 13.2 Å². The van der Waals surface area contributed by atoms with Gasteiger partial charge in [-0.05, 0) is 36.7 Å². The van der Waals surface area contributed by atoms with Crippen molar-refractivity contribution < 1.29 is 4.74 Å². The molecule has 1 unspecified atom stereocenters. The van der Waals surface area contributed by atoms with Gasteiger partial charge in [0, 0.05) is 16.8 Å². The Morgan fingerprint density at radius 2 is 2.15 bits per heavy atom. The Kier molecular flexibility index (Phi) is 4.99. The van der Waals surface area contributed by atoms with E-state index in [9.17, 15) is 0 Å². The van der Waals surface area contributed by atoms with Crippen molar-refractivity contribution in [1.29, 1.82) is 0 Å². The molecule has 0 aliphatic rings. The molecule has 0 amide bonds. The van der Waals surface area contributed by atoms with Crippen LogP contribution in [0.1, 0.15) is 29.7 Å². The van der Waals surface area contributed by atoms with E-state index in [4.69, 9.17) is 16.3 Å². The minimum atomic E-state index is 0.0155. The molecule has 1 aromatic heterocycles. The number of rotatable bonds is 5. The molecule has 1 atom stereocenters. The van der Waals surface area contributed by atoms with Gasteiger partial charge in [0.1, 0.15) is 0 Å². The maximum Gasteiger partial charge on any atom is 0.218 e. The molecule has 20 heavy (non-hydrogen) atoms. The van der Waals surface area contributed by atoms with Gasteiger partial charge in [-0.1, -0.05) is 36.7 Å². The summed E-state index contributed by atoms with van der Waals surface area (Å²) in [6.07, 6.45) is 1.73. The van der Waals surface area contributed by atoms with Crippen LogP contribution in [0.4, 0.5) is 0 Å². The third kappa shape index (κ3) is 3.11. The third-order valence-electron chi connectivity index (χ3n) is 3.24. The molecule has 1 N–H and O–H groups in total. The van der Waals surface area contributed by atoms with Gasteiger partial charge in [0.15, 0.2) is 0 Å². The number of hydrogen-bond donors (Lipinski definition) is 1. The third-order valence-corrected chi connectivity index (χ3v) is 3.65. The summed E-state index contributed by atoms with van der Waals surface area (Å²) in [4.78, 5) is 4.27. The van der Waals surface area contributed by atoms with Crippen LogP contribution in [0.25, 0.3) is 0 Å². The summed E-state index contributed by atoms with van der Waals surface area (Å²) in [6.45, 7) is 4.92. The van der Waals surface area contributed by atoms with Gasteiger partial charge in [-0.2, -0.15) is 0 Å². The fourth-order valence-corrected chi connectivity index (χ4v) is 2.38. The van der Waals surface area contributed by atoms with Gasteiger partial charge in [0.2, 0.25) is 5.88 Å². The summed E-state index contributed by atoms with van der Waals surface area (Å²) in [5.74, 6) is 0.634. The van der Waals surface area contributed by atoms with E-state index in [1.54, 1.807) is 13.3 Å². The second-order valence-corrected chi connectivity index (χ2v) is 5.01. The molecule has 0 aliphatic heterocycles. The molecule has 106 valence electrons. The van der Waals surface area contributed by atoms with Crippen molar-refractivity contribution in [2.45, 2.75) is 19.9 Å². The Balaban J connectivity index is 2.47. The lowest BCUT2D eigenvalue weighted by Gasteiger charge is -2.21. The molecule has 0 spiro atoms. The summed E-state index contributed by atoms with van der Waals surface area (Å²) in [5, 5.41) is 4.23. The second-order valence-electron chi connectivity index (χ2n) is 4.60. The lowest BCUT2D eigenvalue weighted by atomic mass is 9.98. The van der Waals surface area contributed by atoms with E-state index in [-0.39, 0.29) is 6.04 Å². The molecule has 0 saturated carbocycles. The van der Waals surface area contributed by atoms with Crippen LogP contribution in [0.2, 0.25) is 5.02 Å². The number of benzene rings is 1. The predicted octanol–water partition coefficient (Wildman–Crippen LogP) is 3.75. The van der Waals surface area contributed by atoms with Crippen LogP contribution in [-0.2, 0) is 0 Å². The van der Waals surface area contributed by atoms with Crippen molar-refractivity contribution in [2.24, 2.45) is 0 Å². The lowest BCUT2D eigenvalue weighted by molar-refractivity contribution is 0.387. The summed E-state index contributed by atoms with van der Waals surface area (Å²) in [5.41, 5.74) is 3.19. The Bertz CT molecular complexity index is 586.